The standard InChI is InChI=1S/C22H24N4O3/c1-15(2)29-20(27)12-5-16-3-8-18(9-4-16)25-13-14-26(22(25)28)19-10-6-17(7-11-19)21(23)24/h3-4,6-11,13-15H,5,12H2,1-2H3,(H3,23,24). The summed E-state index contributed by atoms with van der Waals surface area (Å²) in [5, 5.41) is 7.45. The van der Waals surface area contributed by atoms with Gasteiger partial charge in [0, 0.05) is 24.4 Å². The molecule has 0 amide bonds. The third-order valence-electron chi connectivity index (χ3n) is 4.43. The van der Waals surface area contributed by atoms with Gasteiger partial charge in [0.2, 0.25) is 0 Å². The van der Waals surface area contributed by atoms with Gasteiger partial charge in [-0.3, -0.25) is 19.3 Å². The molecule has 150 valence electrons. The number of imidazole rings is 1. The molecule has 3 rings (SSSR count). The van der Waals surface area contributed by atoms with E-state index in [0.29, 0.717) is 24.1 Å². The molecule has 0 spiro atoms. The molecule has 0 saturated heterocycles. The van der Waals surface area contributed by atoms with E-state index in [-0.39, 0.29) is 23.6 Å². The molecule has 0 aliphatic rings. The molecule has 1 aromatic heterocycles. The quantitative estimate of drug-likeness (QED) is 0.367. The molecule has 3 aromatic rings. The molecule has 0 atom stereocenters. The second kappa shape index (κ2) is 8.60. The van der Waals surface area contributed by atoms with Gasteiger partial charge in [0.25, 0.3) is 0 Å². The van der Waals surface area contributed by atoms with Crippen molar-refractivity contribution in [2.45, 2.75) is 32.8 Å². The average Bonchev–Trinajstić information content (AvgIpc) is 3.07. The minimum Gasteiger partial charge on any atom is -0.463 e. The maximum Gasteiger partial charge on any atom is 0.337 e. The average molecular weight is 392 g/mol. The van der Waals surface area contributed by atoms with Gasteiger partial charge in [-0.1, -0.05) is 12.1 Å². The number of aromatic nitrogens is 2. The summed E-state index contributed by atoms with van der Waals surface area (Å²) in [5.74, 6) is -0.229. The lowest BCUT2D eigenvalue weighted by atomic mass is 10.1. The number of nitrogens with zero attached hydrogens (tertiary/aromatic N) is 2. The molecule has 7 heteroatoms. The molecule has 1 heterocycles. The summed E-state index contributed by atoms with van der Waals surface area (Å²) in [5.41, 5.74) is 8.31. The molecule has 0 saturated carbocycles. The zero-order chi connectivity index (χ0) is 21.0. The molecule has 0 fully saturated rings. The Morgan fingerprint density at radius 3 is 2.00 bits per heavy atom. The molecular formula is C22H24N4O3. The number of nitrogens with two attached hydrogens (primary N) is 1. The van der Waals surface area contributed by atoms with E-state index >= 15 is 0 Å². The van der Waals surface area contributed by atoms with Crippen LogP contribution in [0.5, 0.6) is 0 Å². The highest BCUT2D eigenvalue weighted by Crippen LogP contribution is 2.12. The van der Waals surface area contributed by atoms with Gasteiger partial charge >= 0.3 is 11.7 Å². The number of carbonyl (C=O) groups is 1. The Labute approximate surface area is 168 Å². The molecule has 7 nitrogen and oxygen atoms in total. The summed E-state index contributed by atoms with van der Waals surface area (Å²) in [4.78, 5) is 24.5. The smallest absolute Gasteiger partial charge is 0.337 e. The number of nitrogen functional groups attached to an aromatic ring is 1. The predicted molar refractivity (Wildman–Crippen MR) is 112 cm³/mol. The highest BCUT2D eigenvalue weighted by molar-refractivity contribution is 5.95. The normalized spacial score (nSPS) is 10.9. The van der Waals surface area contributed by atoms with Crippen LogP contribution in [-0.4, -0.2) is 27.0 Å². The number of esters is 1. The van der Waals surface area contributed by atoms with E-state index in [9.17, 15) is 9.59 Å². The number of rotatable bonds is 7. The molecular weight excluding hydrogens is 368 g/mol. The Hall–Kier alpha value is -3.61. The highest BCUT2D eigenvalue weighted by atomic mass is 16.5. The number of benzene rings is 2. The van der Waals surface area contributed by atoms with Crippen molar-refractivity contribution in [2.24, 2.45) is 5.73 Å². The molecule has 0 radical (unpaired) electrons. The van der Waals surface area contributed by atoms with Gasteiger partial charge in [0.1, 0.15) is 5.84 Å². The number of amidine groups is 1. The SMILES string of the molecule is CC(C)OC(=O)CCc1ccc(-n2ccn(-c3ccc(C(=N)N)cc3)c2=O)cc1. The summed E-state index contributed by atoms with van der Waals surface area (Å²) in [6.07, 6.45) is 4.20. The largest absolute Gasteiger partial charge is 0.463 e. The third-order valence-corrected chi connectivity index (χ3v) is 4.43. The fourth-order valence-electron chi connectivity index (χ4n) is 2.96. The van der Waals surface area contributed by atoms with Crippen LogP contribution in [0.1, 0.15) is 31.4 Å². The number of ether oxygens (including phenoxy) is 1. The van der Waals surface area contributed by atoms with Crippen LogP contribution in [0.3, 0.4) is 0 Å². The molecule has 0 aliphatic heterocycles. The van der Waals surface area contributed by atoms with Gasteiger partial charge in [-0.2, -0.15) is 0 Å². The first-order valence-corrected chi connectivity index (χ1v) is 9.39. The van der Waals surface area contributed by atoms with E-state index in [1.54, 1.807) is 41.2 Å². The zero-order valence-electron chi connectivity index (χ0n) is 16.5. The first-order chi connectivity index (χ1) is 13.8. The van der Waals surface area contributed by atoms with Crippen molar-refractivity contribution in [2.75, 3.05) is 0 Å². The van der Waals surface area contributed by atoms with Crippen molar-refractivity contribution in [1.82, 2.24) is 9.13 Å². The molecule has 29 heavy (non-hydrogen) atoms. The summed E-state index contributed by atoms with van der Waals surface area (Å²) in [7, 11) is 0. The lowest BCUT2D eigenvalue weighted by Gasteiger charge is -2.08. The maximum atomic E-state index is 12.8. The van der Waals surface area contributed by atoms with E-state index in [2.05, 4.69) is 0 Å². The number of carbonyl (C=O) groups excluding carboxylic acids is 1. The van der Waals surface area contributed by atoms with Crippen LogP contribution in [0.25, 0.3) is 11.4 Å². The predicted octanol–water partition coefficient (Wildman–Crippen LogP) is 2.80. The lowest BCUT2D eigenvalue weighted by Crippen LogP contribution is -2.21. The van der Waals surface area contributed by atoms with Gasteiger partial charge in [-0.05, 0) is 62.2 Å². The highest BCUT2D eigenvalue weighted by Gasteiger charge is 2.09. The van der Waals surface area contributed by atoms with Gasteiger partial charge < -0.3 is 10.5 Å². The van der Waals surface area contributed by atoms with E-state index in [0.717, 1.165) is 11.3 Å². The first kappa shape index (κ1) is 20.1. The fraction of sp³-hybridized carbons (Fsp3) is 0.227. The number of aryl methyl sites for hydroxylation is 1. The molecule has 0 bridgehead atoms. The molecule has 0 unspecified atom stereocenters. The van der Waals surface area contributed by atoms with Crippen molar-refractivity contribution in [3.63, 3.8) is 0 Å². The minimum absolute atomic E-state index is 0.0148. The minimum atomic E-state index is -0.215. The second-order valence-electron chi connectivity index (χ2n) is 6.99. The van der Waals surface area contributed by atoms with Crippen LogP contribution in [0.15, 0.2) is 65.7 Å². The van der Waals surface area contributed by atoms with Crippen molar-refractivity contribution in [1.29, 1.82) is 5.41 Å². The van der Waals surface area contributed by atoms with Crippen molar-refractivity contribution in [3.8, 4) is 11.4 Å². The first-order valence-electron chi connectivity index (χ1n) is 9.39. The number of nitrogens with one attached hydrogen (secondary N) is 1. The summed E-state index contributed by atoms with van der Waals surface area (Å²) in [6, 6.07) is 14.4. The third kappa shape index (κ3) is 4.82. The monoisotopic (exact) mass is 392 g/mol. The molecule has 0 aliphatic carbocycles. The van der Waals surface area contributed by atoms with Crippen molar-refractivity contribution < 1.29 is 9.53 Å². The van der Waals surface area contributed by atoms with E-state index in [1.165, 1.54) is 4.57 Å². The number of hydrogen-bond donors (Lipinski definition) is 2. The van der Waals surface area contributed by atoms with Crippen LogP contribution >= 0.6 is 0 Å². The Morgan fingerprint density at radius 2 is 1.52 bits per heavy atom. The van der Waals surface area contributed by atoms with Gasteiger partial charge in [-0.15, -0.1) is 0 Å². The van der Waals surface area contributed by atoms with E-state index < -0.39 is 0 Å². The summed E-state index contributed by atoms with van der Waals surface area (Å²) < 4.78 is 8.22. The number of hydrogen-bond acceptors (Lipinski definition) is 4. The zero-order valence-corrected chi connectivity index (χ0v) is 16.5. The van der Waals surface area contributed by atoms with Crippen molar-refractivity contribution in [3.05, 3.63) is 82.5 Å². The van der Waals surface area contributed by atoms with Crippen LogP contribution in [-0.2, 0) is 16.0 Å². The Kier molecular flexibility index (Phi) is 5.97. The summed E-state index contributed by atoms with van der Waals surface area (Å²) in [6.45, 7) is 3.66. The Balaban J connectivity index is 1.74. The van der Waals surface area contributed by atoms with Crippen molar-refractivity contribution >= 4 is 11.8 Å². The van der Waals surface area contributed by atoms with Gasteiger partial charge in [-0.25, -0.2) is 4.79 Å². The van der Waals surface area contributed by atoms with Crippen LogP contribution in [0.4, 0.5) is 0 Å². The van der Waals surface area contributed by atoms with Crippen LogP contribution in [0, 0.1) is 5.41 Å². The topological polar surface area (TPSA) is 103 Å². The van der Waals surface area contributed by atoms with E-state index in [4.69, 9.17) is 15.9 Å². The molecule has 2 aromatic carbocycles. The van der Waals surface area contributed by atoms with Gasteiger partial charge in [0.15, 0.2) is 0 Å². The Morgan fingerprint density at radius 1 is 1.00 bits per heavy atom. The summed E-state index contributed by atoms with van der Waals surface area (Å²) >= 11 is 0. The molecule has 3 N–H and O–H groups in total. The second-order valence-corrected chi connectivity index (χ2v) is 6.99. The van der Waals surface area contributed by atoms with Crippen LogP contribution in [0.2, 0.25) is 0 Å². The van der Waals surface area contributed by atoms with E-state index in [1.807, 2.05) is 38.1 Å². The lowest BCUT2D eigenvalue weighted by molar-refractivity contribution is -0.147. The maximum absolute atomic E-state index is 12.8. The fourth-order valence-corrected chi connectivity index (χ4v) is 2.96. The Bertz CT molecular complexity index is 1060. The van der Waals surface area contributed by atoms with Crippen LogP contribution < -0.4 is 11.4 Å². The van der Waals surface area contributed by atoms with Gasteiger partial charge in [0.05, 0.1) is 17.5 Å².